The molecule has 0 radical (unpaired) electrons. The number of hydrogen-bond acceptors (Lipinski definition) is 4. The highest BCUT2D eigenvalue weighted by Crippen LogP contribution is 2.16. The topological polar surface area (TPSA) is 58.4 Å². The summed E-state index contributed by atoms with van der Waals surface area (Å²) < 4.78 is 1.27. The van der Waals surface area contributed by atoms with Crippen molar-refractivity contribution in [2.45, 2.75) is 0 Å². The Bertz CT molecular complexity index is 978. The number of rotatable bonds is 3. The van der Waals surface area contributed by atoms with Crippen LogP contribution in [0.15, 0.2) is 77.6 Å². The van der Waals surface area contributed by atoms with Crippen LogP contribution in [-0.4, -0.2) is 46.8 Å². The second-order valence-electron chi connectivity index (χ2n) is 6.42. The van der Waals surface area contributed by atoms with Crippen molar-refractivity contribution < 1.29 is 4.79 Å². The molecular formula is C21H20N4O2. The van der Waals surface area contributed by atoms with Crippen molar-refractivity contribution in [3.63, 3.8) is 0 Å². The maximum atomic E-state index is 12.9. The van der Waals surface area contributed by atoms with Gasteiger partial charge in [0.05, 0.1) is 5.69 Å². The second kappa shape index (κ2) is 7.45. The molecular weight excluding hydrogens is 340 g/mol. The first kappa shape index (κ1) is 17.0. The van der Waals surface area contributed by atoms with Crippen molar-refractivity contribution in [3.8, 4) is 5.69 Å². The van der Waals surface area contributed by atoms with E-state index in [1.165, 1.54) is 22.5 Å². The number of nitrogens with zero attached hydrogens (tertiary/aromatic N) is 4. The minimum absolute atomic E-state index is 0.146. The highest BCUT2D eigenvalue weighted by Gasteiger charge is 2.23. The average Bonchev–Trinajstić information content (AvgIpc) is 2.75. The van der Waals surface area contributed by atoms with E-state index in [0.29, 0.717) is 18.8 Å². The Balaban J connectivity index is 1.50. The van der Waals surface area contributed by atoms with E-state index in [1.54, 1.807) is 17.0 Å². The molecule has 2 aromatic carbocycles. The highest BCUT2D eigenvalue weighted by molar-refractivity contribution is 5.92. The fraction of sp³-hybridized carbons (Fsp3) is 0.190. The zero-order valence-electron chi connectivity index (χ0n) is 14.9. The van der Waals surface area contributed by atoms with Crippen molar-refractivity contribution in [2.75, 3.05) is 31.1 Å². The molecule has 4 rings (SSSR count). The van der Waals surface area contributed by atoms with Crippen LogP contribution in [0.1, 0.15) is 10.5 Å². The van der Waals surface area contributed by atoms with Crippen LogP contribution in [0.3, 0.4) is 0 Å². The van der Waals surface area contributed by atoms with Gasteiger partial charge in [-0.25, -0.2) is 0 Å². The summed E-state index contributed by atoms with van der Waals surface area (Å²) in [5.41, 5.74) is 1.84. The zero-order valence-corrected chi connectivity index (χ0v) is 14.9. The lowest BCUT2D eigenvalue weighted by atomic mass is 10.2. The predicted molar refractivity (Wildman–Crippen MR) is 104 cm³/mol. The lowest BCUT2D eigenvalue weighted by Crippen LogP contribution is -2.49. The first-order valence-corrected chi connectivity index (χ1v) is 8.97. The third-order valence-corrected chi connectivity index (χ3v) is 4.71. The molecule has 1 amide bonds. The van der Waals surface area contributed by atoms with Crippen LogP contribution in [-0.2, 0) is 0 Å². The Morgan fingerprint density at radius 2 is 1.33 bits per heavy atom. The maximum absolute atomic E-state index is 12.9. The first-order valence-electron chi connectivity index (χ1n) is 8.97. The molecule has 3 aromatic rings. The van der Waals surface area contributed by atoms with Gasteiger partial charge < -0.3 is 9.80 Å². The van der Waals surface area contributed by atoms with Crippen molar-refractivity contribution in [1.29, 1.82) is 0 Å². The number of para-hydroxylation sites is 2. The van der Waals surface area contributed by atoms with E-state index in [9.17, 15) is 9.59 Å². The normalized spacial score (nSPS) is 14.2. The number of benzene rings is 2. The van der Waals surface area contributed by atoms with E-state index < -0.39 is 0 Å². The summed E-state index contributed by atoms with van der Waals surface area (Å²) in [6.45, 7) is 2.79. The van der Waals surface area contributed by atoms with Crippen LogP contribution < -0.4 is 10.5 Å². The van der Waals surface area contributed by atoms with Crippen LogP contribution in [0.2, 0.25) is 0 Å². The molecule has 6 heteroatoms. The van der Waals surface area contributed by atoms with Crippen molar-refractivity contribution >= 4 is 11.6 Å². The Labute approximate surface area is 157 Å². The van der Waals surface area contributed by atoms with Gasteiger partial charge in [0.1, 0.15) is 5.69 Å². The molecule has 0 atom stereocenters. The van der Waals surface area contributed by atoms with Crippen LogP contribution >= 0.6 is 0 Å². The second-order valence-corrected chi connectivity index (χ2v) is 6.42. The smallest absolute Gasteiger partial charge is 0.274 e. The molecule has 0 unspecified atom stereocenters. The molecule has 1 saturated heterocycles. The molecule has 1 fully saturated rings. The number of piperazine rings is 1. The fourth-order valence-corrected chi connectivity index (χ4v) is 3.25. The molecule has 0 spiro atoms. The van der Waals surface area contributed by atoms with Crippen LogP contribution in [0.4, 0.5) is 5.69 Å². The number of carbonyl (C=O) groups excluding carboxylic acids is 1. The van der Waals surface area contributed by atoms with Crippen molar-refractivity contribution in [2.24, 2.45) is 0 Å². The van der Waals surface area contributed by atoms with Gasteiger partial charge >= 0.3 is 0 Å². The summed E-state index contributed by atoms with van der Waals surface area (Å²) in [6.07, 6.45) is 0. The number of aromatic nitrogens is 2. The Morgan fingerprint density at radius 3 is 1.96 bits per heavy atom. The molecule has 0 saturated carbocycles. The summed E-state index contributed by atoms with van der Waals surface area (Å²) >= 11 is 0. The largest absolute Gasteiger partial charge is 0.368 e. The summed E-state index contributed by atoms with van der Waals surface area (Å²) in [5, 5.41) is 4.29. The van der Waals surface area contributed by atoms with Gasteiger partial charge in [0.15, 0.2) is 0 Å². The minimum Gasteiger partial charge on any atom is -0.368 e. The third-order valence-electron chi connectivity index (χ3n) is 4.71. The molecule has 6 nitrogen and oxygen atoms in total. The minimum atomic E-state index is -0.258. The summed E-state index contributed by atoms with van der Waals surface area (Å²) in [4.78, 5) is 29.1. The zero-order chi connectivity index (χ0) is 18.6. The van der Waals surface area contributed by atoms with Gasteiger partial charge in [-0.3, -0.25) is 9.59 Å². The van der Waals surface area contributed by atoms with Gasteiger partial charge in [0, 0.05) is 37.9 Å². The van der Waals surface area contributed by atoms with Crippen molar-refractivity contribution in [1.82, 2.24) is 14.7 Å². The average molecular weight is 360 g/mol. The van der Waals surface area contributed by atoms with Gasteiger partial charge in [-0.2, -0.15) is 9.78 Å². The Morgan fingerprint density at radius 1 is 0.741 bits per heavy atom. The highest BCUT2D eigenvalue weighted by atomic mass is 16.2. The molecule has 2 heterocycles. The van der Waals surface area contributed by atoms with E-state index in [1.807, 2.05) is 36.4 Å². The molecule has 27 heavy (non-hydrogen) atoms. The van der Waals surface area contributed by atoms with E-state index in [-0.39, 0.29) is 17.2 Å². The molecule has 0 aliphatic carbocycles. The van der Waals surface area contributed by atoms with E-state index >= 15 is 0 Å². The molecule has 1 aliphatic rings. The Hall–Kier alpha value is -3.41. The van der Waals surface area contributed by atoms with Crippen LogP contribution in [0.25, 0.3) is 5.69 Å². The van der Waals surface area contributed by atoms with Gasteiger partial charge in [-0.05, 0) is 30.3 Å². The number of carbonyl (C=O) groups is 1. The lowest BCUT2D eigenvalue weighted by Gasteiger charge is -2.36. The SMILES string of the molecule is O=C(c1ccc(=O)n(-c2ccccc2)n1)N1CCN(c2ccccc2)CC1. The molecule has 1 aromatic heterocycles. The molecule has 0 N–H and O–H groups in total. The van der Waals surface area contributed by atoms with Gasteiger partial charge in [0.2, 0.25) is 0 Å². The number of amides is 1. The number of anilines is 1. The third kappa shape index (κ3) is 3.60. The quantitative estimate of drug-likeness (QED) is 0.718. The van der Waals surface area contributed by atoms with Gasteiger partial charge in [-0.1, -0.05) is 36.4 Å². The predicted octanol–water partition coefficient (Wildman–Crippen LogP) is 2.19. The molecule has 136 valence electrons. The van der Waals surface area contributed by atoms with Crippen molar-refractivity contribution in [3.05, 3.63) is 88.8 Å². The van der Waals surface area contributed by atoms with E-state index in [4.69, 9.17) is 0 Å². The van der Waals surface area contributed by atoms with E-state index in [2.05, 4.69) is 22.1 Å². The van der Waals surface area contributed by atoms with Gasteiger partial charge in [-0.15, -0.1) is 0 Å². The Kier molecular flexibility index (Phi) is 4.70. The number of hydrogen-bond donors (Lipinski definition) is 0. The van der Waals surface area contributed by atoms with Gasteiger partial charge in [0.25, 0.3) is 11.5 Å². The molecule has 0 bridgehead atoms. The summed E-state index contributed by atoms with van der Waals surface area (Å²) in [7, 11) is 0. The first-order chi connectivity index (χ1) is 13.2. The fourth-order valence-electron chi connectivity index (χ4n) is 3.25. The lowest BCUT2D eigenvalue weighted by molar-refractivity contribution is 0.0739. The summed E-state index contributed by atoms with van der Waals surface area (Å²) in [5.74, 6) is -0.146. The van der Waals surface area contributed by atoms with Crippen LogP contribution in [0, 0.1) is 0 Å². The molecule has 1 aliphatic heterocycles. The standard InChI is InChI=1S/C21H20N4O2/c26-20-12-11-19(22-25(20)18-9-5-2-6-10-18)21(27)24-15-13-23(14-16-24)17-7-3-1-4-8-17/h1-12H,13-16H2. The van der Waals surface area contributed by atoms with Crippen LogP contribution in [0.5, 0.6) is 0 Å². The summed E-state index contributed by atoms with van der Waals surface area (Å²) in [6, 6.07) is 22.2. The maximum Gasteiger partial charge on any atom is 0.274 e. The monoisotopic (exact) mass is 360 g/mol. The van der Waals surface area contributed by atoms with E-state index in [0.717, 1.165) is 13.1 Å².